The molecule has 0 radical (unpaired) electrons. The number of benzene rings is 2. The van der Waals surface area contributed by atoms with Crippen molar-refractivity contribution in [1.29, 1.82) is 0 Å². The van der Waals surface area contributed by atoms with Crippen molar-refractivity contribution in [2.45, 2.75) is 60.6 Å². The van der Waals surface area contributed by atoms with Gasteiger partial charge in [0.05, 0.1) is 16.7 Å². The maximum atomic E-state index is 14.0. The standard InChI is InChI=1S/C28H28FN3O6S2/c29-19-6-1-15(2-7-19)13-32-25-18-5-4-17(12-18)23(25)26(33)24(28(32)34)27-30-21-10-3-16(11-22(21)40(37,38)31-27)14-39(35,36)20-8-9-20/h1-3,6-7,10-11,17-18,20,23,25,33H,4-5,8-9,12-14H2,(H,30,31)/t17-,18+,23?,25?/m1/s1. The van der Waals surface area contributed by atoms with Gasteiger partial charge in [-0.05, 0) is 79.3 Å². The highest BCUT2D eigenvalue weighted by atomic mass is 32.2. The third-order valence-electron chi connectivity index (χ3n) is 8.97. The predicted octanol–water partition coefficient (Wildman–Crippen LogP) is 3.68. The lowest BCUT2D eigenvalue weighted by molar-refractivity contribution is -0.134. The van der Waals surface area contributed by atoms with Crippen molar-refractivity contribution >= 4 is 37.3 Å². The van der Waals surface area contributed by atoms with E-state index in [1.54, 1.807) is 23.1 Å². The van der Waals surface area contributed by atoms with E-state index in [4.69, 9.17) is 0 Å². The van der Waals surface area contributed by atoms with Crippen LogP contribution in [0.25, 0.3) is 0 Å². The third-order valence-corrected chi connectivity index (χ3v) is 12.5. The van der Waals surface area contributed by atoms with E-state index in [1.165, 1.54) is 24.3 Å². The highest BCUT2D eigenvalue weighted by Crippen LogP contribution is 2.55. The summed E-state index contributed by atoms with van der Waals surface area (Å²) in [6, 6.07) is 9.98. The van der Waals surface area contributed by atoms with E-state index in [9.17, 15) is 31.1 Å². The minimum atomic E-state index is -4.31. The quantitative estimate of drug-likeness (QED) is 0.528. The highest BCUT2D eigenvalue weighted by Gasteiger charge is 2.57. The number of hydrogen-bond acceptors (Lipinski definition) is 7. The van der Waals surface area contributed by atoms with Gasteiger partial charge in [-0.15, -0.1) is 4.40 Å². The summed E-state index contributed by atoms with van der Waals surface area (Å²) in [6.07, 6.45) is 3.97. The van der Waals surface area contributed by atoms with Crippen LogP contribution < -0.4 is 5.32 Å². The molecule has 9 nitrogen and oxygen atoms in total. The van der Waals surface area contributed by atoms with E-state index >= 15 is 0 Å². The summed E-state index contributed by atoms with van der Waals surface area (Å²) < 4.78 is 69.0. The highest BCUT2D eigenvalue weighted by molar-refractivity contribution is 7.91. The first-order chi connectivity index (χ1) is 19.0. The van der Waals surface area contributed by atoms with Crippen LogP contribution >= 0.6 is 0 Å². The summed E-state index contributed by atoms with van der Waals surface area (Å²) in [4.78, 5) is 15.5. The number of sulfone groups is 1. The van der Waals surface area contributed by atoms with Crippen molar-refractivity contribution in [1.82, 2.24) is 4.90 Å². The molecule has 3 aliphatic carbocycles. The first-order valence-electron chi connectivity index (χ1n) is 13.5. The summed E-state index contributed by atoms with van der Waals surface area (Å²) in [5, 5.41) is 14.0. The number of halogens is 1. The van der Waals surface area contributed by atoms with Gasteiger partial charge in [-0.1, -0.05) is 18.2 Å². The molecule has 12 heteroatoms. The number of aliphatic hydroxyl groups is 1. The molecule has 7 rings (SSSR count). The van der Waals surface area contributed by atoms with Crippen LogP contribution in [0, 0.1) is 23.6 Å². The molecule has 2 heterocycles. The molecular weight excluding hydrogens is 557 g/mol. The second-order valence-corrected chi connectivity index (χ2v) is 15.4. The van der Waals surface area contributed by atoms with E-state index in [0.29, 0.717) is 18.4 Å². The molecule has 5 aliphatic rings. The lowest BCUT2D eigenvalue weighted by Crippen LogP contribution is -2.53. The van der Waals surface area contributed by atoms with Crippen LogP contribution in [0.15, 0.2) is 63.1 Å². The van der Waals surface area contributed by atoms with Gasteiger partial charge in [0, 0.05) is 18.5 Å². The number of sulfonamides is 1. The second kappa shape index (κ2) is 8.87. The Kier molecular flexibility index (Phi) is 5.70. The lowest BCUT2D eigenvalue weighted by atomic mass is 9.77. The Morgan fingerprint density at radius 1 is 1.02 bits per heavy atom. The second-order valence-electron chi connectivity index (χ2n) is 11.5. The van der Waals surface area contributed by atoms with Crippen molar-refractivity contribution < 1.29 is 31.1 Å². The number of fused-ring (bicyclic) bond motifs is 6. The van der Waals surface area contributed by atoms with Gasteiger partial charge >= 0.3 is 0 Å². The van der Waals surface area contributed by atoms with Crippen molar-refractivity contribution in [3.63, 3.8) is 0 Å². The molecule has 3 fully saturated rings. The van der Waals surface area contributed by atoms with Gasteiger partial charge in [0.2, 0.25) is 0 Å². The Labute approximate surface area is 231 Å². The number of nitrogens with zero attached hydrogens (tertiary/aromatic N) is 2. The fourth-order valence-corrected chi connectivity index (χ4v) is 9.92. The monoisotopic (exact) mass is 585 g/mol. The third kappa shape index (κ3) is 4.14. The molecule has 40 heavy (non-hydrogen) atoms. The average Bonchev–Trinajstić information content (AvgIpc) is 3.58. The topological polar surface area (TPSA) is 133 Å². The lowest BCUT2D eigenvalue weighted by Gasteiger charge is -2.44. The fourth-order valence-electron chi connectivity index (χ4n) is 7.01. The van der Waals surface area contributed by atoms with Crippen molar-refractivity contribution in [3.8, 4) is 0 Å². The Balaban J connectivity index is 1.25. The van der Waals surface area contributed by atoms with Crippen LogP contribution in [0.2, 0.25) is 0 Å². The fraction of sp³-hybridized carbons (Fsp3) is 0.429. The van der Waals surface area contributed by atoms with E-state index in [0.717, 1.165) is 24.8 Å². The first-order valence-corrected chi connectivity index (χ1v) is 16.6. The molecule has 4 atom stereocenters. The number of amidine groups is 1. The van der Waals surface area contributed by atoms with Crippen molar-refractivity contribution in [3.05, 3.63) is 70.7 Å². The van der Waals surface area contributed by atoms with Crippen LogP contribution in [-0.2, 0) is 37.0 Å². The van der Waals surface area contributed by atoms with Gasteiger partial charge in [0.1, 0.15) is 22.0 Å². The summed E-state index contributed by atoms with van der Waals surface area (Å²) in [5.41, 5.74) is 1.05. The first kappa shape index (κ1) is 25.7. The number of rotatable bonds is 6. The largest absolute Gasteiger partial charge is 0.511 e. The molecule has 3 saturated carbocycles. The van der Waals surface area contributed by atoms with Gasteiger partial charge in [-0.3, -0.25) is 4.79 Å². The van der Waals surface area contributed by atoms with E-state index in [1.807, 2.05) is 0 Å². The van der Waals surface area contributed by atoms with E-state index < -0.39 is 25.8 Å². The minimum absolute atomic E-state index is 0.144. The van der Waals surface area contributed by atoms with Crippen LogP contribution in [0.3, 0.4) is 0 Å². The molecule has 2 bridgehead atoms. The molecular formula is C28H28FN3O6S2. The van der Waals surface area contributed by atoms with Crippen LogP contribution in [-0.4, -0.2) is 49.9 Å². The SMILES string of the molecule is O=C1C(C2=NS(=O)(=O)c3cc(CS(=O)(=O)C4CC4)ccc3N2)=C(O)C2C([C@H]3CC[C@@H]2C3)N1Cc1ccc(F)cc1. The zero-order valence-electron chi connectivity index (χ0n) is 21.5. The Morgan fingerprint density at radius 3 is 2.45 bits per heavy atom. The smallest absolute Gasteiger partial charge is 0.286 e. The van der Waals surface area contributed by atoms with Crippen molar-refractivity contribution in [2.75, 3.05) is 5.32 Å². The average molecular weight is 586 g/mol. The van der Waals surface area contributed by atoms with Gasteiger partial charge in [-0.2, -0.15) is 8.42 Å². The maximum Gasteiger partial charge on any atom is 0.286 e. The number of aliphatic hydroxyl groups excluding tert-OH is 1. The van der Waals surface area contributed by atoms with Gasteiger partial charge in [-0.25, -0.2) is 12.8 Å². The molecule has 0 aromatic heterocycles. The van der Waals surface area contributed by atoms with E-state index in [-0.39, 0.29) is 74.9 Å². The number of carbonyl (C=O) groups is 1. The number of hydrogen-bond donors (Lipinski definition) is 2. The number of anilines is 1. The predicted molar refractivity (Wildman–Crippen MR) is 145 cm³/mol. The van der Waals surface area contributed by atoms with Crippen LogP contribution in [0.4, 0.5) is 10.1 Å². The molecule has 2 N–H and O–H groups in total. The number of carbonyl (C=O) groups excluding carboxylic acids is 1. The Morgan fingerprint density at radius 2 is 1.73 bits per heavy atom. The normalized spacial score (nSPS) is 28.7. The zero-order valence-corrected chi connectivity index (χ0v) is 23.1. The number of nitrogens with one attached hydrogen (secondary N) is 1. The van der Waals surface area contributed by atoms with Crippen LogP contribution in [0.1, 0.15) is 43.2 Å². The molecule has 1 amide bonds. The van der Waals surface area contributed by atoms with E-state index in [2.05, 4.69) is 9.71 Å². The summed E-state index contributed by atoms with van der Waals surface area (Å²) in [5.74, 6) is -1.53. The van der Waals surface area contributed by atoms with Gasteiger partial charge < -0.3 is 15.3 Å². The van der Waals surface area contributed by atoms with Crippen molar-refractivity contribution in [2.24, 2.45) is 22.2 Å². The molecule has 2 unspecified atom stereocenters. The molecule has 2 aromatic carbocycles. The molecule has 0 saturated heterocycles. The van der Waals surface area contributed by atoms with Gasteiger partial charge in [0.15, 0.2) is 15.7 Å². The number of amides is 1. The summed E-state index contributed by atoms with van der Waals surface area (Å²) >= 11 is 0. The van der Waals surface area contributed by atoms with Crippen LogP contribution in [0.5, 0.6) is 0 Å². The molecule has 2 aromatic rings. The zero-order chi connectivity index (χ0) is 28.0. The molecule has 0 spiro atoms. The summed E-state index contributed by atoms with van der Waals surface area (Å²) in [7, 11) is -7.67. The Hall–Kier alpha value is -3.25. The minimum Gasteiger partial charge on any atom is -0.511 e. The Bertz CT molecular complexity index is 1710. The van der Waals surface area contributed by atoms with Gasteiger partial charge in [0.25, 0.3) is 15.9 Å². The molecule has 2 aliphatic heterocycles. The maximum absolute atomic E-state index is 14.0. The molecule has 210 valence electrons. The summed E-state index contributed by atoms with van der Waals surface area (Å²) in [6.45, 7) is 0.190.